The number of benzene rings is 2. The highest BCUT2D eigenvalue weighted by Gasteiger charge is 2.23. The quantitative estimate of drug-likeness (QED) is 0.735. The molecule has 30 heavy (non-hydrogen) atoms. The van der Waals surface area contributed by atoms with Crippen LogP contribution in [-0.4, -0.2) is 79.1 Å². The van der Waals surface area contributed by atoms with E-state index in [1.807, 2.05) is 29.2 Å². The third-order valence-corrected chi connectivity index (χ3v) is 6.36. The largest absolute Gasteiger partial charge is 0.490 e. The van der Waals surface area contributed by atoms with Crippen molar-refractivity contribution in [1.29, 1.82) is 0 Å². The summed E-state index contributed by atoms with van der Waals surface area (Å²) in [7, 11) is 2.10. The van der Waals surface area contributed by atoms with E-state index in [4.69, 9.17) is 4.74 Å². The summed E-state index contributed by atoms with van der Waals surface area (Å²) in [5.74, 6) is 1.07. The van der Waals surface area contributed by atoms with E-state index in [0.717, 1.165) is 74.2 Å². The van der Waals surface area contributed by atoms with Gasteiger partial charge in [0, 0.05) is 50.9 Å². The van der Waals surface area contributed by atoms with Gasteiger partial charge in [0.2, 0.25) is 0 Å². The Labute approximate surface area is 186 Å². The molecule has 2 aliphatic rings. The minimum absolute atomic E-state index is 0. The molecule has 0 spiro atoms. The fraction of sp³-hybridized carbons (Fsp3) is 0.542. The lowest BCUT2D eigenvalue weighted by Crippen LogP contribution is -2.47. The Morgan fingerprint density at radius 2 is 1.57 bits per heavy atom. The SMILES string of the molecule is CC(C)N1CCC(Oc2ccc3cc(C(=O)N4CCN(C)CC4)ccc3c2)CC1.Cl. The maximum atomic E-state index is 12.8. The van der Waals surface area contributed by atoms with Crippen molar-refractivity contribution in [2.75, 3.05) is 46.3 Å². The topological polar surface area (TPSA) is 36.0 Å². The number of amides is 1. The molecule has 0 aliphatic carbocycles. The summed E-state index contributed by atoms with van der Waals surface area (Å²) >= 11 is 0. The second kappa shape index (κ2) is 9.99. The van der Waals surface area contributed by atoms with Crippen LogP contribution in [0.15, 0.2) is 36.4 Å². The molecule has 0 bridgehead atoms. The van der Waals surface area contributed by atoms with Crippen LogP contribution in [-0.2, 0) is 0 Å². The van der Waals surface area contributed by atoms with E-state index in [9.17, 15) is 4.79 Å². The molecule has 6 heteroatoms. The number of carbonyl (C=O) groups excluding carboxylic acids is 1. The van der Waals surface area contributed by atoms with Crippen molar-refractivity contribution in [3.8, 4) is 5.75 Å². The van der Waals surface area contributed by atoms with Gasteiger partial charge in [0.15, 0.2) is 0 Å². The molecule has 2 saturated heterocycles. The first-order valence-corrected chi connectivity index (χ1v) is 10.9. The smallest absolute Gasteiger partial charge is 0.253 e. The van der Waals surface area contributed by atoms with Gasteiger partial charge in [0.25, 0.3) is 5.91 Å². The molecule has 2 aromatic carbocycles. The van der Waals surface area contributed by atoms with Crippen LogP contribution in [0.1, 0.15) is 37.0 Å². The molecular formula is C24H34ClN3O2. The third kappa shape index (κ3) is 5.26. The number of halogens is 1. The zero-order valence-corrected chi connectivity index (χ0v) is 19.2. The van der Waals surface area contributed by atoms with Crippen LogP contribution in [0.3, 0.4) is 0 Å². The number of rotatable bonds is 4. The fourth-order valence-corrected chi connectivity index (χ4v) is 4.32. The lowest BCUT2D eigenvalue weighted by Gasteiger charge is -2.34. The molecule has 1 amide bonds. The van der Waals surface area contributed by atoms with Crippen molar-refractivity contribution in [3.63, 3.8) is 0 Å². The standard InChI is InChI=1S/C24H33N3O2.ClH/c1-18(2)26-10-8-22(9-11-26)29-23-7-6-19-16-21(5-4-20(19)17-23)24(28)27-14-12-25(3)13-15-27;/h4-7,16-18,22H,8-15H2,1-3H3;1H. The van der Waals surface area contributed by atoms with Gasteiger partial charge in [-0.25, -0.2) is 0 Å². The molecule has 2 heterocycles. The highest BCUT2D eigenvalue weighted by molar-refractivity contribution is 5.98. The van der Waals surface area contributed by atoms with Crippen LogP contribution < -0.4 is 4.74 Å². The first kappa shape index (κ1) is 22.9. The highest BCUT2D eigenvalue weighted by atomic mass is 35.5. The fourth-order valence-electron chi connectivity index (χ4n) is 4.32. The Morgan fingerprint density at radius 1 is 0.933 bits per heavy atom. The van der Waals surface area contributed by atoms with E-state index in [1.165, 1.54) is 0 Å². The number of piperidine rings is 1. The molecule has 0 atom stereocenters. The highest BCUT2D eigenvalue weighted by Crippen LogP contribution is 2.26. The minimum atomic E-state index is 0. The van der Waals surface area contributed by atoms with Gasteiger partial charge >= 0.3 is 0 Å². The predicted octanol–water partition coefficient (Wildman–Crippen LogP) is 3.90. The van der Waals surface area contributed by atoms with Crippen molar-refractivity contribution in [2.45, 2.75) is 38.8 Å². The Bertz CT molecular complexity index is 857. The van der Waals surface area contributed by atoms with E-state index in [1.54, 1.807) is 0 Å². The summed E-state index contributed by atoms with van der Waals surface area (Å²) < 4.78 is 6.27. The maximum Gasteiger partial charge on any atom is 0.253 e. The lowest BCUT2D eigenvalue weighted by atomic mass is 10.0. The molecule has 2 aliphatic heterocycles. The average Bonchev–Trinajstić information content (AvgIpc) is 2.74. The van der Waals surface area contributed by atoms with Gasteiger partial charge in [-0.1, -0.05) is 12.1 Å². The molecular weight excluding hydrogens is 398 g/mol. The van der Waals surface area contributed by atoms with Crippen molar-refractivity contribution in [3.05, 3.63) is 42.0 Å². The van der Waals surface area contributed by atoms with E-state index >= 15 is 0 Å². The van der Waals surface area contributed by atoms with Crippen LogP contribution in [0.25, 0.3) is 10.8 Å². The third-order valence-electron chi connectivity index (χ3n) is 6.36. The molecule has 164 valence electrons. The Kier molecular flexibility index (Phi) is 7.61. The second-order valence-electron chi connectivity index (χ2n) is 8.77. The van der Waals surface area contributed by atoms with Gasteiger partial charge < -0.3 is 19.4 Å². The number of carbonyl (C=O) groups is 1. The Morgan fingerprint density at radius 3 is 2.23 bits per heavy atom. The molecule has 0 saturated carbocycles. The molecule has 0 N–H and O–H groups in total. The van der Waals surface area contributed by atoms with E-state index in [-0.39, 0.29) is 18.3 Å². The molecule has 4 rings (SSSR count). The van der Waals surface area contributed by atoms with Crippen molar-refractivity contribution < 1.29 is 9.53 Å². The van der Waals surface area contributed by atoms with Crippen LogP contribution in [0.2, 0.25) is 0 Å². The summed E-state index contributed by atoms with van der Waals surface area (Å²) in [6, 6.07) is 12.9. The first-order valence-electron chi connectivity index (χ1n) is 10.9. The molecule has 0 aromatic heterocycles. The minimum Gasteiger partial charge on any atom is -0.490 e. The van der Waals surface area contributed by atoms with Gasteiger partial charge in [0.05, 0.1) is 0 Å². The predicted molar refractivity (Wildman–Crippen MR) is 125 cm³/mol. The van der Waals surface area contributed by atoms with E-state index in [2.05, 4.69) is 42.8 Å². The number of ether oxygens (including phenoxy) is 1. The zero-order valence-electron chi connectivity index (χ0n) is 18.3. The van der Waals surface area contributed by atoms with E-state index < -0.39 is 0 Å². The maximum absolute atomic E-state index is 12.8. The van der Waals surface area contributed by atoms with Gasteiger partial charge in [0.1, 0.15) is 11.9 Å². The summed E-state index contributed by atoms with van der Waals surface area (Å²) in [4.78, 5) is 19.6. The van der Waals surface area contributed by atoms with Crippen molar-refractivity contribution >= 4 is 29.1 Å². The summed E-state index contributed by atoms with van der Waals surface area (Å²) in [6.07, 6.45) is 2.45. The monoisotopic (exact) mass is 431 g/mol. The first-order chi connectivity index (χ1) is 14.0. The van der Waals surface area contributed by atoms with Crippen molar-refractivity contribution in [2.24, 2.45) is 0 Å². The average molecular weight is 432 g/mol. The number of hydrogen-bond donors (Lipinski definition) is 0. The summed E-state index contributed by atoms with van der Waals surface area (Å²) in [6.45, 7) is 10.2. The van der Waals surface area contributed by atoms with Gasteiger partial charge in [-0.2, -0.15) is 0 Å². The van der Waals surface area contributed by atoms with Gasteiger partial charge in [-0.3, -0.25) is 4.79 Å². The zero-order chi connectivity index (χ0) is 20.4. The number of hydrogen-bond acceptors (Lipinski definition) is 4. The van der Waals surface area contributed by atoms with Crippen LogP contribution in [0.4, 0.5) is 0 Å². The van der Waals surface area contributed by atoms with Crippen molar-refractivity contribution in [1.82, 2.24) is 14.7 Å². The number of likely N-dealkylation sites (N-methyl/N-ethyl adjacent to an activating group) is 1. The number of piperazine rings is 1. The molecule has 2 aromatic rings. The molecule has 0 radical (unpaired) electrons. The van der Waals surface area contributed by atoms with E-state index in [0.29, 0.717) is 12.1 Å². The van der Waals surface area contributed by atoms with Gasteiger partial charge in [-0.15, -0.1) is 12.4 Å². The Balaban J connectivity index is 0.00000256. The normalized spacial score (nSPS) is 19.1. The van der Waals surface area contributed by atoms with Crippen LogP contribution >= 0.6 is 12.4 Å². The summed E-state index contributed by atoms with van der Waals surface area (Å²) in [5, 5.41) is 2.21. The lowest BCUT2D eigenvalue weighted by molar-refractivity contribution is 0.0664. The van der Waals surface area contributed by atoms with Crippen LogP contribution in [0.5, 0.6) is 5.75 Å². The molecule has 0 unspecified atom stereocenters. The van der Waals surface area contributed by atoms with Crippen LogP contribution in [0, 0.1) is 0 Å². The molecule has 2 fully saturated rings. The number of likely N-dealkylation sites (tertiary alicyclic amines) is 1. The second-order valence-corrected chi connectivity index (χ2v) is 8.77. The number of nitrogens with zero attached hydrogens (tertiary/aromatic N) is 3. The van der Waals surface area contributed by atoms with Gasteiger partial charge in [-0.05, 0) is 68.8 Å². The Hall–Kier alpha value is -1.82. The number of fused-ring (bicyclic) bond motifs is 1. The molecule has 5 nitrogen and oxygen atoms in total. The summed E-state index contributed by atoms with van der Waals surface area (Å²) in [5.41, 5.74) is 0.775.